The number of hydrogen-bond acceptors (Lipinski definition) is 1. The summed E-state index contributed by atoms with van der Waals surface area (Å²) in [4.78, 5) is 0.972. The van der Waals surface area contributed by atoms with Gasteiger partial charge in [-0.2, -0.15) is 0 Å². The molecule has 0 aliphatic carbocycles. The van der Waals surface area contributed by atoms with Gasteiger partial charge in [0.2, 0.25) is 0 Å². The topological polar surface area (TPSA) is 0 Å². The van der Waals surface area contributed by atoms with Crippen molar-refractivity contribution >= 4 is 18.2 Å². The normalized spacial score (nSPS) is 12.1. The number of rotatable bonds is 3. The quantitative estimate of drug-likeness (QED) is 0.557. The van der Waals surface area contributed by atoms with Gasteiger partial charge in [0.25, 0.3) is 0 Å². The molecule has 0 nitrogen and oxygen atoms in total. The highest BCUT2D eigenvalue weighted by molar-refractivity contribution is 7.80. The Bertz CT molecular complexity index is 394. The van der Waals surface area contributed by atoms with E-state index in [1.165, 1.54) is 0 Å². The van der Waals surface area contributed by atoms with Crippen LogP contribution in [0, 0.1) is 0 Å². The lowest BCUT2D eigenvalue weighted by Crippen LogP contribution is -1.85. The molecule has 0 unspecified atom stereocenters. The van der Waals surface area contributed by atoms with Gasteiger partial charge in [-0.25, -0.2) is 0 Å². The average Bonchev–Trinajstić information content (AvgIpc) is 2.26. The first-order chi connectivity index (χ1) is 7.19. The predicted octanol–water partition coefficient (Wildman–Crippen LogP) is 4.51. The molecule has 0 saturated heterocycles. The van der Waals surface area contributed by atoms with Gasteiger partial charge in [0.05, 0.1) is 0 Å². The van der Waals surface area contributed by atoms with Crippen molar-refractivity contribution in [2.24, 2.45) is 0 Å². The third-order valence-corrected chi connectivity index (χ3v) is 2.52. The molecule has 1 heteroatoms. The van der Waals surface area contributed by atoms with Gasteiger partial charge in [-0.1, -0.05) is 36.9 Å². The van der Waals surface area contributed by atoms with E-state index < -0.39 is 0 Å². The molecule has 0 heterocycles. The van der Waals surface area contributed by atoms with Gasteiger partial charge >= 0.3 is 0 Å². The highest BCUT2D eigenvalue weighted by atomic mass is 32.1. The maximum absolute atomic E-state index is 4.26. The van der Waals surface area contributed by atoms with Crippen molar-refractivity contribution in [3.8, 4) is 0 Å². The molecule has 0 amide bonds. The van der Waals surface area contributed by atoms with Crippen molar-refractivity contribution < 1.29 is 0 Å². The van der Waals surface area contributed by atoms with Crippen LogP contribution >= 0.6 is 12.6 Å². The van der Waals surface area contributed by atoms with E-state index in [1.54, 1.807) is 0 Å². The zero-order valence-electron chi connectivity index (χ0n) is 9.20. The van der Waals surface area contributed by atoms with Gasteiger partial charge < -0.3 is 0 Å². The van der Waals surface area contributed by atoms with E-state index in [0.29, 0.717) is 0 Å². The summed E-state index contributed by atoms with van der Waals surface area (Å²) in [5.74, 6) is 0. The summed E-state index contributed by atoms with van der Waals surface area (Å²) < 4.78 is 0. The van der Waals surface area contributed by atoms with Gasteiger partial charge in [-0.15, -0.1) is 12.6 Å². The third-order valence-electron chi connectivity index (χ3n) is 2.22. The third kappa shape index (κ3) is 3.14. The number of allylic oxidation sites excluding steroid dienone is 5. The summed E-state index contributed by atoms with van der Waals surface area (Å²) in [7, 11) is 0. The Morgan fingerprint density at radius 1 is 1.20 bits per heavy atom. The largest absolute Gasteiger partial charge is 0.143 e. The fourth-order valence-electron chi connectivity index (χ4n) is 1.38. The van der Waals surface area contributed by atoms with Crippen molar-refractivity contribution in [1.82, 2.24) is 0 Å². The first-order valence-electron chi connectivity index (χ1n) is 4.96. The maximum atomic E-state index is 4.26. The van der Waals surface area contributed by atoms with Crippen molar-refractivity contribution in [2.45, 2.75) is 18.7 Å². The molecule has 0 saturated carbocycles. The molecule has 0 atom stereocenters. The standard InChI is InChI=1S/C14H16S/c1-4-6-12(5-2)11(3)13-7-9-14(15)10-8-13/h4-10,15H,3H2,1-2H3/b6-4-,12-5+. The van der Waals surface area contributed by atoms with Crippen LogP contribution in [0.3, 0.4) is 0 Å². The molecule has 0 N–H and O–H groups in total. The Kier molecular flexibility index (Phi) is 4.44. The number of benzene rings is 1. The van der Waals surface area contributed by atoms with Gasteiger partial charge in [-0.05, 0) is 42.7 Å². The second-order valence-electron chi connectivity index (χ2n) is 3.27. The molecule has 0 aliphatic rings. The Morgan fingerprint density at radius 2 is 1.80 bits per heavy atom. The van der Waals surface area contributed by atoms with Crippen LogP contribution in [-0.4, -0.2) is 0 Å². The minimum Gasteiger partial charge on any atom is -0.143 e. The van der Waals surface area contributed by atoms with E-state index in [-0.39, 0.29) is 0 Å². The molecule has 15 heavy (non-hydrogen) atoms. The Hall–Kier alpha value is -1.21. The minimum absolute atomic E-state index is 0.972. The summed E-state index contributed by atoms with van der Waals surface area (Å²) in [5, 5.41) is 0. The lowest BCUT2D eigenvalue weighted by Gasteiger charge is -2.06. The van der Waals surface area contributed by atoms with Crippen molar-refractivity contribution in [2.75, 3.05) is 0 Å². The molecule has 1 aromatic carbocycles. The van der Waals surface area contributed by atoms with Crippen LogP contribution in [0.2, 0.25) is 0 Å². The van der Waals surface area contributed by atoms with Gasteiger partial charge in [0.1, 0.15) is 0 Å². The first kappa shape index (κ1) is 11.9. The molecule has 1 rings (SSSR count). The molecule has 0 bridgehead atoms. The monoisotopic (exact) mass is 216 g/mol. The molecule has 0 fully saturated rings. The van der Waals surface area contributed by atoms with Crippen molar-refractivity contribution in [3.05, 3.63) is 60.2 Å². The van der Waals surface area contributed by atoms with Gasteiger partial charge in [-0.3, -0.25) is 0 Å². The van der Waals surface area contributed by atoms with E-state index in [0.717, 1.165) is 21.6 Å². The lowest BCUT2D eigenvalue weighted by atomic mass is 9.99. The molecule has 0 aliphatic heterocycles. The van der Waals surface area contributed by atoms with Crippen LogP contribution in [0.15, 0.2) is 59.5 Å². The van der Waals surface area contributed by atoms with E-state index in [9.17, 15) is 0 Å². The van der Waals surface area contributed by atoms with Crippen LogP contribution in [0.5, 0.6) is 0 Å². The van der Waals surface area contributed by atoms with Crippen molar-refractivity contribution in [3.63, 3.8) is 0 Å². The fraction of sp³-hybridized carbons (Fsp3) is 0.143. The molecule has 0 aromatic heterocycles. The highest BCUT2D eigenvalue weighted by Gasteiger charge is 2.01. The van der Waals surface area contributed by atoms with E-state index >= 15 is 0 Å². The van der Waals surface area contributed by atoms with Crippen LogP contribution in [-0.2, 0) is 0 Å². The van der Waals surface area contributed by atoms with Crippen LogP contribution in [0.25, 0.3) is 5.57 Å². The summed E-state index contributed by atoms with van der Waals surface area (Å²) in [6, 6.07) is 8.04. The smallest absolute Gasteiger partial charge is 0.00404 e. The summed E-state index contributed by atoms with van der Waals surface area (Å²) in [6.07, 6.45) is 6.15. The fourth-order valence-corrected chi connectivity index (χ4v) is 1.53. The Balaban J connectivity index is 2.98. The Labute approximate surface area is 97.4 Å². The SMILES string of the molecule is C=C(C(/C=C\C)=C/C)c1ccc(S)cc1. The number of thiol groups is 1. The van der Waals surface area contributed by atoms with E-state index in [1.807, 2.05) is 44.2 Å². The first-order valence-corrected chi connectivity index (χ1v) is 5.41. The maximum Gasteiger partial charge on any atom is 0.00404 e. The second-order valence-corrected chi connectivity index (χ2v) is 3.79. The molecular weight excluding hydrogens is 200 g/mol. The molecule has 0 spiro atoms. The molecular formula is C14H16S. The zero-order valence-corrected chi connectivity index (χ0v) is 10.1. The van der Waals surface area contributed by atoms with Crippen LogP contribution in [0.1, 0.15) is 19.4 Å². The van der Waals surface area contributed by atoms with E-state index in [4.69, 9.17) is 0 Å². The number of hydrogen-bond donors (Lipinski definition) is 1. The summed E-state index contributed by atoms with van der Waals surface area (Å²) in [6.45, 7) is 8.13. The van der Waals surface area contributed by atoms with E-state index in [2.05, 4.69) is 31.4 Å². The van der Waals surface area contributed by atoms with Gasteiger partial charge in [0.15, 0.2) is 0 Å². The zero-order chi connectivity index (χ0) is 11.3. The van der Waals surface area contributed by atoms with Crippen molar-refractivity contribution in [1.29, 1.82) is 0 Å². The minimum atomic E-state index is 0.972. The lowest BCUT2D eigenvalue weighted by molar-refractivity contribution is 1.44. The second kappa shape index (κ2) is 5.62. The molecule has 0 radical (unpaired) electrons. The van der Waals surface area contributed by atoms with Crippen LogP contribution in [0.4, 0.5) is 0 Å². The van der Waals surface area contributed by atoms with Crippen LogP contribution < -0.4 is 0 Å². The van der Waals surface area contributed by atoms with Gasteiger partial charge in [0, 0.05) is 4.90 Å². The summed E-state index contributed by atoms with van der Waals surface area (Å²) in [5.41, 5.74) is 3.34. The average molecular weight is 216 g/mol. The Morgan fingerprint density at radius 3 is 2.27 bits per heavy atom. The molecule has 1 aromatic rings. The predicted molar refractivity (Wildman–Crippen MR) is 71.3 cm³/mol. The molecule has 78 valence electrons. The summed E-state index contributed by atoms with van der Waals surface area (Å²) >= 11 is 4.26. The highest BCUT2D eigenvalue weighted by Crippen LogP contribution is 2.23.